The predicted molar refractivity (Wildman–Crippen MR) is 204 cm³/mol. The first-order valence-electron chi connectivity index (χ1n) is 16.9. The van der Waals surface area contributed by atoms with Crippen LogP contribution in [-0.2, 0) is 5.41 Å². The third kappa shape index (κ3) is 6.67. The Bertz CT molecular complexity index is 2110. The van der Waals surface area contributed by atoms with Gasteiger partial charge >= 0.3 is 0 Å². The van der Waals surface area contributed by atoms with Gasteiger partial charge in [0.15, 0.2) is 11.6 Å². The molecule has 4 heterocycles. The van der Waals surface area contributed by atoms with Crippen molar-refractivity contribution in [2.75, 3.05) is 0 Å². The standard InChI is InChI=1S/C45H34N6/c1-45(2,36-22-18-31(19-23-36)39-28-41(35-16-11-26-46-30-35)50-43(48-39)33-12-5-3-6-13-33)37-24-20-32(21-25-37)40-29-42(38-17-9-10-27-47-38)51-44(49-40)34-14-7-4-8-15-34/h3-30H,1-2H3. The van der Waals surface area contributed by atoms with Crippen molar-refractivity contribution in [3.8, 4) is 67.9 Å². The van der Waals surface area contributed by atoms with E-state index in [9.17, 15) is 0 Å². The molecule has 8 rings (SSSR count). The van der Waals surface area contributed by atoms with E-state index in [0.717, 1.165) is 56.3 Å². The monoisotopic (exact) mass is 658 g/mol. The summed E-state index contributed by atoms with van der Waals surface area (Å²) in [5.41, 5.74) is 11.2. The summed E-state index contributed by atoms with van der Waals surface area (Å²) in [6.45, 7) is 4.51. The first-order chi connectivity index (χ1) is 25.0. The van der Waals surface area contributed by atoms with Gasteiger partial charge in [-0.2, -0.15) is 0 Å². The molecule has 0 saturated carbocycles. The minimum atomic E-state index is -0.251. The Morgan fingerprint density at radius 3 is 1.33 bits per heavy atom. The number of hydrogen-bond donors (Lipinski definition) is 0. The van der Waals surface area contributed by atoms with E-state index in [1.165, 1.54) is 11.1 Å². The van der Waals surface area contributed by atoms with Gasteiger partial charge in [-0.25, -0.2) is 19.9 Å². The highest BCUT2D eigenvalue weighted by atomic mass is 14.9. The van der Waals surface area contributed by atoms with Crippen molar-refractivity contribution in [2.24, 2.45) is 0 Å². The molecule has 0 amide bonds. The van der Waals surface area contributed by atoms with Gasteiger partial charge in [0.25, 0.3) is 0 Å². The topological polar surface area (TPSA) is 77.3 Å². The molecule has 6 heteroatoms. The van der Waals surface area contributed by atoms with Crippen LogP contribution in [0.3, 0.4) is 0 Å². The van der Waals surface area contributed by atoms with Crippen molar-refractivity contribution < 1.29 is 0 Å². The third-order valence-corrected chi connectivity index (χ3v) is 9.21. The fourth-order valence-electron chi connectivity index (χ4n) is 6.21. The molecular formula is C45H34N6. The van der Waals surface area contributed by atoms with Crippen LogP contribution in [0.2, 0.25) is 0 Å². The maximum Gasteiger partial charge on any atom is 0.160 e. The number of nitrogens with zero attached hydrogens (tertiary/aromatic N) is 6. The van der Waals surface area contributed by atoms with E-state index in [2.05, 4.69) is 72.3 Å². The molecule has 0 saturated heterocycles. The Balaban J connectivity index is 1.10. The molecule has 8 aromatic rings. The number of hydrogen-bond acceptors (Lipinski definition) is 6. The van der Waals surface area contributed by atoms with Crippen LogP contribution in [-0.4, -0.2) is 29.9 Å². The van der Waals surface area contributed by atoms with Crippen molar-refractivity contribution in [3.63, 3.8) is 0 Å². The molecule has 0 aliphatic carbocycles. The molecule has 0 radical (unpaired) electrons. The fraction of sp³-hybridized carbons (Fsp3) is 0.0667. The largest absolute Gasteiger partial charge is 0.264 e. The lowest BCUT2D eigenvalue weighted by Crippen LogP contribution is -2.18. The molecule has 0 spiro atoms. The van der Waals surface area contributed by atoms with Gasteiger partial charge in [0, 0.05) is 51.8 Å². The highest BCUT2D eigenvalue weighted by Gasteiger charge is 2.24. The molecule has 51 heavy (non-hydrogen) atoms. The van der Waals surface area contributed by atoms with Crippen molar-refractivity contribution in [3.05, 3.63) is 181 Å². The number of pyridine rings is 2. The summed E-state index contributed by atoms with van der Waals surface area (Å²) in [5.74, 6) is 1.36. The van der Waals surface area contributed by atoms with Gasteiger partial charge in [-0.1, -0.05) is 129 Å². The molecule has 0 fully saturated rings. The number of benzene rings is 4. The minimum absolute atomic E-state index is 0.251. The maximum absolute atomic E-state index is 4.99. The zero-order valence-electron chi connectivity index (χ0n) is 28.3. The van der Waals surface area contributed by atoms with Crippen molar-refractivity contribution in [2.45, 2.75) is 19.3 Å². The van der Waals surface area contributed by atoms with Gasteiger partial charge in [-0.3, -0.25) is 9.97 Å². The summed E-state index contributed by atoms with van der Waals surface area (Å²) < 4.78 is 0. The normalized spacial score (nSPS) is 11.3. The van der Waals surface area contributed by atoms with Gasteiger partial charge in [0.1, 0.15) is 0 Å². The van der Waals surface area contributed by atoms with Crippen LogP contribution in [0.25, 0.3) is 67.9 Å². The Hall–Kier alpha value is -6.66. The van der Waals surface area contributed by atoms with Crippen molar-refractivity contribution >= 4 is 0 Å². The number of aromatic nitrogens is 6. The zero-order valence-corrected chi connectivity index (χ0v) is 28.3. The predicted octanol–water partition coefficient (Wildman–Crippen LogP) is 10.4. The second-order valence-corrected chi connectivity index (χ2v) is 12.9. The molecule has 0 atom stereocenters. The SMILES string of the molecule is CC(C)(c1ccc(-c2cc(-c3cccnc3)nc(-c3ccccc3)n2)cc1)c1ccc(-c2cc(-c3ccccn3)nc(-c3ccccc3)n2)cc1. The van der Waals surface area contributed by atoms with Crippen LogP contribution in [0.1, 0.15) is 25.0 Å². The number of rotatable bonds is 8. The molecule has 4 aromatic heterocycles. The molecule has 0 unspecified atom stereocenters. The molecule has 0 aliphatic heterocycles. The Labute approximate surface area is 297 Å². The summed E-state index contributed by atoms with van der Waals surface area (Å²) in [6.07, 6.45) is 5.40. The fourth-order valence-corrected chi connectivity index (χ4v) is 6.21. The zero-order chi connectivity index (χ0) is 34.6. The lowest BCUT2D eigenvalue weighted by Gasteiger charge is -2.26. The quantitative estimate of drug-likeness (QED) is 0.162. The second-order valence-electron chi connectivity index (χ2n) is 12.9. The van der Waals surface area contributed by atoms with Gasteiger partial charge in [-0.15, -0.1) is 0 Å². The Morgan fingerprint density at radius 2 is 0.843 bits per heavy atom. The molecular weight excluding hydrogens is 625 g/mol. The van der Waals surface area contributed by atoms with Crippen LogP contribution in [0, 0.1) is 0 Å². The molecule has 0 bridgehead atoms. The van der Waals surface area contributed by atoms with Gasteiger partial charge in [-0.05, 0) is 47.5 Å². The summed E-state index contributed by atoms with van der Waals surface area (Å²) in [4.78, 5) is 28.6. The first-order valence-corrected chi connectivity index (χ1v) is 16.9. The first kappa shape index (κ1) is 31.6. The van der Waals surface area contributed by atoms with E-state index in [1.807, 2.05) is 109 Å². The van der Waals surface area contributed by atoms with Gasteiger partial charge in [0.2, 0.25) is 0 Å². The molecule has 0 aliphatic rings. The summed E-state index contributed by atoms with van der Waals surface area (Å²) >= 11 is 0. The highest BCUT2D eigenvalue weighted by Crippen LogP contribution is 2.35. The van der Waals surface area contributed by atoms with Crippen LogP contribution >= 0.6 is 0 Å². The van der Waals surface area contributed by atoms with E-state index in [4.69, 9.17) is 19.9 Å². The molecule has 4 aromatic carbocycles. The average Bonchev–Trinajstić information content (AvgIpc) is 3.22. The van der Waals surface area contributed by atoms with Crippen LogP contribution in [0.5, 0.6) is 0 Å². The second kappa shape index (κ2) is 13.7. The maximum atomic E-state index is 4.99. The third-order valence-electron chi connectivity index (χ3n) is 9.21. The lowest BCUT2D eigenvalue weighted by molar-refractivity contribution is 0.641. The minimum Gasteiger partial charge on any atom is -0.264 e. The van der Waals surface area contributed by atoms with E-state index in [-0.39, 0.29) is 5.41 Å². The average molecular weight is 659 g/mol. The Kier molecular flexibility index (Phi) is 8.48. The van der Waals surface area contributed by atoms with Crippen molar-refractivity contribution in [1.82, 2.24) is 29.9 Å². The van der Waals surface area contributed by atoms with Gasteiger partial charge < -0.3 is 0 Å². The lowest BCUT2D eigenvalue weighted by atomic mass is 9.77. The van der Waals surface area contributed by atoms with Crippen LogP contribution in [0.4, 0.5) is 0 Å². The molecule has 244 valence electrons. The Morgan fingerprint density at radius 1 is 0.373 bits per heavy atom. The molecule has 0 N–H and O–H groups in total. The van der Waals surface area contributed by atoms with Crippen molar-refractivity contribution in [1.29, 1.82) is 0 Å². The smallest absolute Gasteiger partial charge is 0.160 e. The summed E-state index contributed by atoms with van der Waals surface area (Å²) in [7, 11) is 0. The van der Waals surface area contributed by atoms with E-state index < -0.39 is 0 Å². The summed E-state index contributed by atoms with van der Waals surface area (Å²) in [5, 5.41) is 0. The van der Waals surface area contributed by atoms with Gasteiger partial charge in [0.05, 0.1) is 28.5 Å². The van der Waals surface area contributed by atoms with E-state index in [1.54, 1.807) is 12.4 Å². The molecule has 6 nitrogen and oxygen atoms in total. The summed E-state index contributed by atoms with van der Waals surface area (Å²) in [6, 6.07) is 51.4. The van der Waals surface area contributed by atoms with E-state index >= 15 is 0 Å². The van der Waals surface area contributed by atoms with Crippen LogP contribution < -0.4 is 0 Å². The van der Waals surface area contributed by atoms with E-state index in [0.29, 0.717) is 11.6 Å². The van der Waals surface area contributed by atoms with Crippen LogP contribution in [0.15, 0.2) is 170 Å². The highest BCUT2D eigenvalue weighted by molar-refractivity contribution is 5.73.